The molecular weight excluding hydrogens is 146 g/mol. The summed E-state index contributed by atoms with van der Waals surface area (Å²) in [5.74, 6) is 0. The monoisotopic (exact) mass is 153 g/mol. The smallest absolute Gasteiger partial charge is 0.312 e. The molecule has 0 unspecified atom stereocenters. The highest BCUT2D eigenvalue weighted by Crippen LogP contribution is 2.17. The Morgan fingerprint density at radius 2 is 2.55 bits per heavy atom. The lowest BCUT2D eigenvalue weighted by molar-refractivity contribution is 0.0631. The molecule has 0 aliphatic carbocycles. The molecule has 5 heteroatoms. The molecule has 0 aromatic carbocycles. The lowest BCUT2D eigenvalue weighted by Gasteiger charge is -2.17. The predicted octanol–water partition coefficient (Wildman–Crippen LogP) is 0.411. The zero-order chi connectivity index (χ0) is 7.84. The standard InChI is InChI=1S/C6H7N3O2/c1-4-2-5-3-11-8-9(5)6(10)7-4/h2-3,8H,1H3,(H,7,10). The fourth-order valence-electron chi connectivity index (χ4n) is 0.954. The second kappa shape index (κ2) is 2.00. The Balaban J connectivity index is 2.40. The second-order valence-electron chi connectivity index (χ2n) is 2.28. The molecule has 0 saturated carbocycles. The number of aliphatic imine (C=N–C) groups is 1. The van der Waals surface area contributed by atoms with E-state index in [4.69, 9.17) is 4.84 Å². The third-order valence-corrected chi connectivity index (χ3v) is 1.41. The summed E-state index contributed by atoms with van der Waals surface area (Å²) < 4.78 is 0. The quantitative estimate of drug-likeness (QED) is 0.529. The van der Waals surface area contributed by atoms with Crippen molar-refractivity contribution in [3.05, 3.63) is 23.7 Å². The number of hydrogen-bond acceptors (Lipinski definition) is 4. The fraction of sp³-hybridized carbons (Fsp3) is 0.167. The third-order valence-electron chi connectivity index (χ3n) is 1.41. The van der Waals surface area contributed by atoms with Gasteiger partial charge in [-0.25, -0.2) is 4.99 Å². The van der Waals surface area contributed by atoms with Gasteiger partial charge in [-0.3, -0.25) is 0 Å². The molecule has 2 aliphatic heterocycles. The van der Waals surface area contributed by atoms with Crippen LogP contribution in [0.4, 0.5) is 0 Å². The van der Waals surface area contributed by atoms with Crippen molar-refractivity contribution in [3.8, 4) is 0 Å². The lowest BCUT2D eigenvalue weighted by atomic mass is 10.3. The van der Waals surface area contributed by atoms with E-state index in [1.165, 1.54) is 11.3 Å². The average molecular weight is 153 g/mol. The number of nitrogens with zero attached hydrogens (tertiary/aromatic N) is 2. The van der Waals surface area contributed by atoms with Crippen LogP contribution in [-0.4, -0.2) is 16.1 Å². The molecule has 5 nitrogen and oxygen atoms in total. The van der Waals surface area contributed by atoms with E-state index >= 15 is 0 Å². The van der Waals surface area contributed by atoms with Crippen molar-refractivity contribution in [3.63, 3.8) is 0 Å². The Labute approximate surface area is 63.2 Å². The van der Waals surface area contributed by atoms with Crippen LogP contribution in [0.2, 0.25) is 0 Å². The molecule has 0 aromatic rings. The summed E-state index contributed by atoms with van der Waals surface area (Å²) in [6.45, 7) is 1.80. The van der Waals surface area contributed by atoms with Crippen molar-refractivity contribution in [1.82, 2.24) is 10.6 Å². The average Bonchev–Trinajstić information content (AvgIpc) is 2.34. The van der Waals surface area contributed by atoms with Gasteiger partial charge < -0.3 is 9.94 Å². The molecule has 2 aliphatic rings. The van der Waals surface area contributed by atoms with E-state index in [1.807, 2.05) is 0 Å². The molecular formula is C6H7N3O2. The minimum Gasteiger partial charge on any atom is -0.479 e. The zero-order valence-electron chi connectivity index (χ0n) is 5.90. The number of nitrogens with one attached hydrogen (secondary N) is 1. The predicted molar refractivity (Wildman–Crippen MR) is 38.0 cm³/mol. The number of hydrogen-bond donors (Lipinski definition) is 2. The van der Waals surface area contributed by atoms with Crippen molar-refractivity contribution in [1.29, 1.82) is 0 Å². The van der Waals surface area contributed by atoms with Gasteiger partial charge in [0.2, 0.25) is 0 Å². The van der Waals surface area contributed by atoms with Crippen molar-refractivity contribution in [2.24, 2.45) is 4.99 Å². The van der Waals surface area contributed by atoms with Gasteiger partial charge in [0.05, 0.1) is 0 Å². The van der Waals surface area contributed by atoms with Gasteiger partial charge in [0, 0.05) is 5.70 Å². The molecule has 0 atom stereocenters. The molecule has 0 amide bonds. The summed E-state index contributed by atoms with van der Waals surface area (Å²) in [6, 6.07) is -0.103. The van der Waals surface area contributed by atoms with E-state index < -0.39 is 0 Å². The number of hydrazine groups is 1. The molecule has 0 spiro atoms. The maximum absolute atomic E-state index is 9.20. The Morgan fingerprint density at radius 1 is 1.73 bits per heavy atom. The first-order chi connectivity index (χ1) is 5.27. The molecule has 0 saturated heterocycles. The summed E-state index contributed by atoms with van der Waals surface area (Å²) in [5.41, 5.74) is 3.94. The number of allylic oxidation sites excluding steroid dienone is 2. The highest BCUT2D eigenvalue weighted by Gasteiger charge is 2.23. The molecule has 11 heavy (non-hydrogen) atoms. The van der Waals surface area contributed by atoms with Gasteiger partial charge in [0.1, 0.15) is 12.0 Å². The Morgan fingerprint density at radius 3 is 3.36 bits per heavy atom. The van der Waals surface area contributed by atoms with E-state index in [0.29, 0.717) is 0 Å². The van der Waals surface area contributed by atoms with Crippen LogP contribution in [0.5, 0.6) is 0 Å². The first-order valence-corrected chi connectivity index (χ1v) is 3.15. The van der Waals surface area contributed by atoms with Crippen LogP contribution in [0.3, 0.4) is 0 Å². The van der Waals surface area contributed by atoms with E-state index in [9.17, 15) is 5.11 Å². The maximum Gasteiger partial charge on any atom is 0.312 e. The first-order valence-electron chi connectivity index (χ1n) is 3.15. The minimum atomic E-state index is -0.103. The Kier molecular flexibility index (Phi) is 1.13. The molecule has 58 valence electrons. The number of rotatable bonds is 0. The highest BCUT2D eigenvalue weighted by molar-refractivity contribution is 5.76. The van der Waals surface area contributed by atoms with Crippen molar-refractivity contribution < 1.29 is 9.94 Å². The van der Waals surface area contributed by atoms with E-state index in [1.54, 1.807) is 13.0 Å². The van der Waals surface area contributed by atoms with Crippen molar-refractivity contribution in [2.45, 2.75) is 6.92 Å². The molecule has 2 N–H and O–H groups in total. The zero-order valence-corrected chi connectivity index (χ0v) is 5.90. The fourth-order valence-corrected chi connectivity index (χ4v) is 0.954. The third kappa shape index (κ3) is 0.857. The second-order valence-corrected chi connectivity index (χ2v) is 2.28. The number of amidine groups is 1. The maximum atomic E-state index is 9.20. The van der Waals surface area contributed by atoms with E-state index in [2.05, 4.69) is 10.6 Å². The molecule has 0 aromatic heterocycles. The lowest BCUT2D eigenvalue weighted by Crippen LogP contribution is -2.37. The van der Waals surface area contributed by atoms with Gasteiger partial charge in [-0.05, 0) is 13.0 Å². The van der Waals surface area contributed by atoms with Gasteiger partial charge in [0.25, 0.3) is 0 Å². The summed E-state index contributed by atoms with van der Waals surface area (Å²) in [5, 5.41) is 10.5. The molecule has 0 bridgehead atoms. The van der Waals surface area contributed by atoms with Crippen LogP contribution in [0, 0.1) is 0 Å². The van der Waals surface area contributed by atoms with Gasteiger partial charge in [-0.1, -0.05) is 5.59 Å². The summed E-state index contributed by atoms with van der Waals surface area (Å²) >= 11 is 0. The minimum absolute atomic E-state index is 0.103. The summed E-state index contributed by atoms with van der Waals surface area (Å²) in [7, 11) is 0. The number of aliphatic hydroxyl groups is 1. The van der Waals surface area contributed by atoms with Crippen LogP contribution < -0.4 is 5.59 Å². The van der Waals surface area contributed by atoms with E-state index in [-0.39, 0.29) is 6.02 Å². The van der Waals surface area contributed by atoms with Crippen molar-refractivity contribution >= 4 is 6.02 Å². The van der Waals surface area contributed by atoms with Gasteiger partial charge in [0.15, 0.2) is 0 Å². The van der Waals surface area contributed by atoms with Gasteiger partial charge in [-0.2, -0.15) is 5.01 Å². The van der Waals surface area contributed by atoms with Gasteiger partial charge >= 0.3 is 6.02 Å². The normalized spacial score (nSPS) is 21.5. The van der Waals surface area contributed by atoms with Crippen LogP contribution in [0.15, 0.2) is 28.7 Å². The number of fused-ring (bicyclic) bond motifs is 1. The topological polar surface area (TPSA) is 57.1 Å². The van der Waals surface area contributed by atoms with Crippen LogP contribution in [0.1, 0.15) is 6.92 Å². The Bertz CT molecular complexity index is 280. The Hall–Kier alpha value is -1.49. The highest BCUT2D eigenvalue weighted by atomic mass is 16.7. The van der Waals surface area contributed by atoms with Crippen LogP contribution in [-0.2, 0) is 4.84 Å². The number of aliphatic hydroxyl groups excluding tert-OH is 1. The molecule has 0 radical (unpaired) electrons. The SMILES string of the molecule is CC1=CC2=CONN2C(O)=N1. The molecule has 2 heterocycles. The largest absolute Gasteiger partial charge is 0.479 e. The summed E-state index contributed by atoms with van der Waals surface area (Å²) in [6.07, 6.45) is 3.29. The van der Waals surface area contributed by atoms with E-state index in [0.717, 1.165) is 11.4 Å². The van der Waals surface area contributed by atoms with Crippen molar-refractivity contribution in [2.75, 3.05) is 0 Å². The summed E-state index contributed by atoms with van der Waals surface area (Å²) in [4.78, 5) is 8.54. The van der Waals surface area contributed by atoms with Crippen LogP contribution >= 0.6 is 0 Å². The molecule has 0 fully saturated rings. The molecule has 2 rings (SSSR count). The van der Waals surface area contributed by atoms with Gasteiger partial charge in [-0.15, -0.1) is 0 Å². The van der Waals surface area contributed by atoms with Crippen LogP contribution in [0.25, 0.3) is 0 Å². The first kappa shape index (κ1) is 6.23.